The van der Waals surface area contributed by atoms with E-state index in [2.05, 4.69) is 24.9 Å². The molecule has 0 aliphatic carbocycles. The number of thiol groups is 1. The number of aliphatic carboxylic acids is 1. The monoisotopic (exact) mass is 247 g/mol. The lowest BCUT2D eigenvalue weighted by molar-refractivity contribution is -0.141. The summed E-state index contributed by atoms with van der Waals surface area (Å²) in [4.78, 5) is 22.0. The lowest BCUT2D eigenvalue weighted by Crippen LogP contribution is -2.42. The van der Waals surface area contributed by atoms with Gasteiger partial charge >= 0.3 is 5.97 Å². The van der Waals surface area contributed by atoms with Crippen LogP contribution in [0, 0.1) is 0 Å². The number of hydrogen-bond donors (Lipinski definition) is 3. The quantitative estimate of drug-likeness (QED) is 0.430. The van der Waals surface area contributed by atoms with E-state index in [-0.39, 0.29) is 11.7 Å². The van der Waals surface area contributed by atoms with E-state index in [9.17, 15) is 9.59 Å². The highest BCUT2D eigenvalue weighted by molar-refractivity contribution is 7.80. The van der Waals surface area contributed by atoms with E-state index < -0.39 is 12.0 Å². The van der Waals surface area contributed by atoms with Gasteiger partial charge in [-0.3, -0.25) is 4.79 Å². The van der Waals surface area contributed by atoms with Crippen molar-refractivity contribution >= 4 is 24.5 Å². The van der Waals surface area contributed by atoms with Crippen LogP contribution in [0.2, 0.25) is 0 Å². The molecule has 0 aliphatic heterocycles. The Morgan fingerprint density at radius 3 is 2.38 bits per heavy atom. The topological polar surface area (TPSA) is 66.4 Å². The molecule has 16 heavy (non-hydrogen) atoms. The summed E-state index contributed by atoms with van der Waals surface area (Å²) in [6.45, 7) is 2.14. The van der Waals surface area contributed by atoms with Crippen molar-refractivity contribution in [3.8, 4) is 0 Å². The number of nitrogens with one attached hydrogen (secondary N) is 1. The molecule has 0 aromatic rings. The first-order chi connectivity index (χ1) is 7.61. The van der Waals surface area contributed by atoms with Crippen LogP contribution in [0.4, 0.5) is 0 Å². The Hall–Kier alpha value is -0.710. The van der Waals surface area contributed by atoms with Crippen molar-refractivity contribution in [3.05, 3.63) is 0 Å². The first-order valence-corrected chi connectivity index (χ1v) is 6.38. The van der Waals surface area contributed by atoms with Crippen LogP contribution < -0.4 is 5.32 Å². The molecule has 0 aromatic carbocycles. The van der Waals surface area contributed by atoms with Gasteiger partial charge in [0.15, 0.2) is 0 Å². The summed E-state index contributed by atoms with van der Waals surface area (Å²) in [5.41, 5.74) is 0. The maximum atomic E-state index is 11.3. The van der Waals surface area contributed by atoms with Crippen LogP contribution in [-0.2, 0) is 9.59 Å². The Morgan fingerprint density at radius 1 is 1.25 bits per heavy atom. The second-order valence-electron chi connectivity index (χ2n) is 3.81. The van der Waals surface area contributed by atoms with Gasteiger partial charge in [0.2, 0.25) is 5.91 Å². The standard InChI is InChI=1S/C11H21NO3S/c1-2-3-4-5-6-7-10(13)12-9(8-16)11(14)15/h9,16H,2-8H2,1H3,(H,12,13)(H,14,15)/t9-/m0/s1. The van der Waals surface area contributed by atoms with Crippen molar-refractivity contribution in [2.24, 2.45) is 0 Å². The third kappa shape index (κ3) is 7.56. The molecule has 5 heteroatoms. The van der Waals surface area contributed by atoms with E-state index in [1.54, 1.807) is 0 Å². The highest BCUT2D eigenvalue weighted by Crippen LogP contribution is 2.05. The number of carbonyl (C=O) groups is 2. The number of unbranched alkanes of at least 4 members (excludes halogenated alkanes) is 4. The zero-order valence-corrected chi connectivity index (χ0v) is 10.6. The average molecular weight is 247 g/mol. The van der Waals surface area contributed by atoms with Crippen molar-refractivity contribution in [1.82, 2.24) is 5.32 Å². The Bertz CT molecular complexity index is 221. The van der Waals surface area contributed by atoms with E-state index in [0.29, 0.717) is 6.42 Å². The fraction of sp³-hybridized carbons (Fsp3) is 0.818. The van der Waals surface area contributed by atoms with Crippen molar-refractivity contribution < 1.29 is 14.7 Å². The molecule has 94 valence electrons. The third-order valence-corrected chi connectivity index (χ3v) is 2.69. The minimum atomic E-state index is -1.03. The smallest absolute Gasteiger partial charge is 0.327 e. The molecule has 0 bridgehead atoms. The molecule has 1 amide bonds. The molecule has 0 aliphatic rings. The summed E-state index contributed by atoms with van der Waals surface area (Å²) in [6, 6.07) is -0.869. The highest BCUT2D eigenvalue weighted by Gasteiger charge is 2.17. The predicted molar refractivity (Wildman–Crippen MR) is 66.8 cm³/mol. The zero-order chi connectivity index (χ0) is 12.4. The van der Waals surface area contributed by atoms with Gasteiger partial charge in [0.05, 0.1) is 0 Å². The molecule has 0 saturated carbocycles. The van der Waals surface area contributed by atoms with Crippen molar-refractivity contribution in [2.75, 3.05) is 5.75 Å². The molecule has 0 spiro atoms. The summed E-state index contributed by atoms with van der Waals surface area (Å²) in [5.74, 6) is -1.11. The minimum Gasteiger partial charge on any atom is -0.480 e. The summed E-state index contributed by atoms with van der Waals surface area (Å²) >= 11 is 3.87. The van der Waals surface area contributed by atoms with Gasteiger partial charge in [-0.25, -0.2) is 4.79 Å². The Balaban J connectivity index is 3.61. The molecule has 0 aromatic heterocycles. The number of hydrogen-bond acceptors (Lipinski definition) is 3. The lowest BCUT2D eigenvalue weighted by Gasteiger charge is -2.11. The van der Waals surface area contributed by atoms with Gasteiger partial charge in [-0.05, 0) is 6.42 Å². The Kier molecular flexibility index (Phi) is 9.09. The normalized spacial score (nSPS) is 12.1. The molecule has 0 fully saturated rings. The summed E-state index contributed by atoms with van der Waals surface area (Å²) in [7, 11) is 0. The number of carboxylic acid groups (broad SMARTS) is 1. The summed E-state index contributed by atoms with van der Waals surface area (Å²) < 4.78 is 0. The van der Waals surface area contributed by atoms with E-state index >= 15 is 0 Å². The Labute approximate surface area is 102 Å². The van der Waals surface area contributed by atoms with Gasteiger partial charge in [-0.15, -0.1) is 0 Å². The second-order valence-corrected chi connectivity index (χ2v) is 4.17. The van der Waals surface area contributed by atoms with Gasteiger partial charge in [0, 0.05) is 12.2 Å². The molecule has 0 unspecified atom stereocenters. The summed E-state index contributed by atoms with van der Waals surface area (Å²) in [6.07, 6.45) is 5.76. The molecule has 0 heterocycles. The fourth-order valence-corrected chi connectivity index (χ4v) is 1.59. The van der Waals surface area contributed by atoms with Gasteiger partial charge < -0.3 is 10.4 Å². The molecule has 0 radical (unpaired) electrons. The molecule has 0 saturated heterocycles. The molecule has 2 N–H and O–H groups in total. The van der Waals surface area contributed by atoms with Crippen LogP contribution in [0.5, 0.6) is 0 Å². The van der Waals surface area contributed by atoms with Gasteiger partial charge in [-0.2, -0.15) is 12.6 Å². The van der Waals surface area contributed by atoms with E-state index in [4.69, 9.17) is 5.11 Å². The van der Waals surface area contributed by atoms with Crippen LogP contribution in [0.15, 0.2) is 0 Å². The third-order valence-electron chi connectivity index (χ3n) is 2.32. The fourth-order valence-electron chi connectivity index (χ4n) is 1.34. The number of rotatable bonds is 9. The maximum absolute atomic E-state index is 11.3. The number of carboxylic acids is 1. The SMILES string of the molecule is CCCCCCCC(=O)N[C@@H](CS)C(=O)O. The average Bonchev–Trinajstić information content (AvgIpc) is 2.25. The first kappa shape index (κ1) is 15.3. The van der Waals surface area contributed by atoms with Crippen molar-refractivity contribution in [1.29, 1.82) is 0 Å². The van der Waals surface area contributed by atoms with Crippen LogP contribution in [0.1, 0.15) is 45.4 Å². The first-order valence-electron chi connectivity index (χ1n) is 5.74. The zero-order valence-electron chi connectivity index (χ0n) is 9.74. The van der Waals surface area contributed by atoms with Crippen molar-refractivity contribution in [2.45, 2.75) is 51.5 Å². The lowest BCUT2D eigenvalue weighted by atomic mass is 10.1. The second kappa shape index (κ2) is 9.51. The summed E-state index contributed by atoms with van der Waals surface area (Å²) in [5, 5.41) is 11.1. The molecule has 4 nitrogen and oxygen atoms in total. The van der Waals surface area contributed by atoms with Gasteiger partial charge in [0.1, 0.15) is 6.04 Å². The van der Waals surface area contributed by atoms with Gasteiger partial charge in [-0.1, -0.05) is 32.6 Å². The van der Waals surface area contributed by atoms with Crippen molar-refractivity contribution in [3.63, 3.8) is 0 Å². The van der Waals surface area contributed by atoms with E-state index in [1.165, 1.54) is 12.8 Å². The molecular weight excluding hydrogens is 226 g/mol. The molecule has 1 atom stereocenters. The molecular formula is C11H21NO3S. The van der Waals surface area contributed by atoms with E-state index in [0.717, 1.165) is 19.3 Å². The minimum absolute atomic E-state index is 0.122. The van der Waals surface area contributed by atoms with Gasteiger partial charge in [0.25, 0.3) is 0 Å². The van der Waals surface area contributed by atoms with Crippen LogP contribution in [0.3, 0.4) is 0 Å². The van der Waals surface area contributed by atoms with Crippen LogP contribution in [0.25, 0.3) is 0 Å². The van der Waals surface area contributed by atoms with Crippen LogP contribution >= 0.6 is 12.6 Å². The Morgan fingerprint density at radius 2 is 1.88 bits per heavy atom. The number of carbonyl (C=O) groups excluding carboxylic acids is 1. The highest BCUT2D eigenvalue weighted by atomic mass is 32.1. The van der Waals surface area contributed by atoms with Crippen LogP contribution in [-0.4, -0.2) is 28.8 Å². The maximum Gasteiger partial charge on any atom is 0.327 e. The molecule has 0 rings (SSSR count). The largest absolute Gasteiger partial charge is 0.480 e. The number of amides is 1. The van der Waals surface area contributed by atoms with E-state index in [1.807, 2.05) is 0 Å². The predicted octanol–water partition coefficient (Wildman–Crippen LogP) is 1.85.